The Hall–Kier alpha value is -1.29. The summed E-state index contributed by atoms with van der Waals surface area (Å²) in [7, 11) is 0. The SMILES string of the molecule is C=CCn1ncc(NC2(C)CC2)c(Cl)c1=O. The van der Waals surface area contributed by atoms with Crippen molar-refractivity contribution in [1.29, 1.82) is 0 Å². The first-order valence-electron chi connectivity index (χ1n) is 5.20. The number of rotatable bonds is 4. The Kier molecular flexibility index (Phi) is 2.76. The van der Waals surface area contributed by atoms with Gasteiger partial charge in [0.05, 0.1) is 18.4 Å². The van der Waals surface area contributed by atoms with Crippen LogP contribution < -0.4 is 10.9 Å². The number of aromatic nitrogens is 2. The molecule has 0 atom stereocenters. The summed E-state index contributed by atoms with van der Waals surface area (Å²) >= 11 is 6.00. The van der Waals surface area contributed by atoms with E-state index in [1.807, 2.05) is 0 Å². The second kappa shape index (κ2) is 3.94. The average molecular weight is 240 g/mol. The van der Waals surface area contributed by atoms with Crippen LogP contribution in [-0.2, 0) is 6.54 Å². The topological polar surface area (TPSA) is 46.9 Å². The molecule has 1 aliphatic rings. The third-order valence-electron chi connectivity index (χ3n) is 2.72. The first-order chi connectivity index (χ1) is 7.56. The van der Waals surface area contributed by atoms with Gasteiger partial charge in [0.1, 0.15) is 5.02 Å². The Labute approximate surface area is 98.9 Å². The summed E-state index contributed by atoms with van der Waals surface area (Å²) in [4.78, 5) is 11.8. The van der Waals surface area contributed by atoms with Crippen LogP contribution in [0.3, 0.4) is 0 Å². The second-order valence-electron chi connectivity index (χ2n) is 4.33. The minimum absolute atomic E-state index is 0.0857. The Morgan fingerprint density at radius 1 is 1.75 bits per heavy atom. The van der Waals surface area contributed by atoms with E-state index in [2.05, 4.69) is 23.9 Å². The van der Waals surface area contributed by atoms with E-state index in [1.165, 1.54) is 4.68 Å². The third-order valence-corrected chi connectivity index (χ3v) is 3.09. The van der Waals surface area contributed by atoms with E-state index in [1.54, 1.807) is 12.3 Å². The number of anilines is 1. The summed E-state index contributed by atoms with van der Waals surface area (Å²) in [6, 6.07) is 0. The quantitative estimate of drug-likeness (QED) is 0.818. The van der Waals surface area contributed by atoms with Gasteiger partial charge in [0.25, 0.3) is 5.56 Å². The molecule has 4 nitrogen and oxygen atoms in total. The average Bonchev–Trinajstić information content (AvgIpc) is 2.97. The van der Waals surface area contributed by atoms with Gasteiger partial charge in [-0.2, -0.15) is 5.10 Å². The van der Waals surface area contributed by atoms with Crippen molar-refractivity contribution in [3.8, 4) is 0 Å². The van der Waals surface area contributed by atoms with Crippen LogP contribution in [0, 0.1) is 0 Å². The van der Waals surface area contributed by atoms with E-state index >= 15 is 0 Å². The highest BCUT2D eigenvalue weighted by Crippen LogP contribution is 2.38. The second-order valence-corrected chi connectivity index (χ2v) is 4.71. The van der Waals surface area contributed by atoms with Crippen LogP contribution in [-0.4, -0.2) is 15.3 Å². The maximum Gasteiger partial charge on any atom is 0.287 e. The number of hydrogen-bond donors (Lipinski definition) is 1. The van der Waals surface area contributed by atoms with Gasteiger partial charge >= 0.3 is 0 Å². The fourth-order valence-electron chi connectivity index (χ4n) is 1.44. The van der Waals surface area contributed by atoms with Gasteiger partial charge in [0.15, 0.2) is 0 Å². The molecule has 0 bridgehead atoms. The summed E-state index contributed by atoms with van der Waals surface area (Å²) in [5.74, 6) is 0. The molecule has 1 aromatic heterocycles. The van der Waals surface area contributed by atoms with E-state index < -0.39 is 0 Å². The van der Waals surface area contributed by atoms with Gasteiger partial charge < -0.3 is 5.32 Å². The van der Waals surface area contributed by atoms with Crippen LogP contribution in [0.15, 0.2) is 23.6 Å². The summed E-state index contributed by atoms with van der Waals surface area (Å²) in [5, 5.41) is 7.46. The summed E-state index contributed by atoms with van der Waals surface area (Å²) in [6.07, 6.45) is 5.40. The van der Waals surface area contributed by atoms with E-state index in [0.717, 1.165) is 12.8 Å². The molecule has 0 radical (unpaired) electrons. The first-order valence-corrected chi connectivity index (χ1v) is 5.58. The fourth-order valence-corrected chi connectivity index (χ4v) is 1.64. The van der Waals surface area contributed by atoms with Crippen LogP contribution in [0.4, 0.5) is 5.69 Å². The normalized spacial score (nSPS) is 16.9. The van der Waals surface area contributed by atoms with Crippen LogP contribution in [0.25, 0.3) is 0 Å². The van der Waals surface area contributed by atoms with Gasteiger partial charge in [-0.05, 0) is 19.8 Å². The molecule has 1 fully saturated rings. The number of halogens is 1. The lowest BCUT2D eigenvalue weighted by Crippen LogP contribution is -2.25. The molecule has 5 heteroatoms. The molecule has 1 saturated carbocycles. The molecule has 16 heavy (non-hydrogen) atoms. The van der Waals surface area contributed by atoms with Crippen molar-refractivity contribution in [3.05, 3.63) is 34.2 Å². The molecular formula is C11H14ClN3O. The monoisotopic (exact) mass is 239 g/mol. The van der Waals surface area contributed by atoms with Gasteiger partial charge in [0, 0.05) is 5.54 Å². The van der Waals surface area contributed by atoms with Crippen molar-refractivity contribution in [2.75, 3.05) is 5.32 Å². The van der Waals surface area contributed by atoms with Crippen molar-refractivity contribution in [1.82, 2.24) is 9.78 Å². The van der Waals surface area contributed by atoms with E-state index in [9.17, 15) is 4.79 Å². The predicted molar refractivity (Wildman–Crippen MR) is 65.0 cm³/mol. The molecule has 0 unspecified atom stereocenters. The predicted octanol–water partition coefficient (Wildman–Crippen LogP) is 2.05. The zero-order valence-electron chi connectivity index (χ0n) is 9.16. The lowest BCUT2D eigenvalue weighted by atomic mass is 10.3. The highest BCUT2D eigenvalue weighted by Gasteiger charge is 2.37. The maximum atomic E-state index is 11.8. The highest BCUT2D eigenvalue weighted by atomic mass is 35.5. The minimum atomic E-state index is -0.282. The third kappa shape index (κ3) is 2.11. The van der Waals surface area contributed by atoms with E-state index in [0.29, 0.717) is 12.2 Å². The van der Waals surface area contributed by atoms with Crippen molar-refractivity contribution in [2.45, 2.75) is 31.8 Å². The molecule has 0 spiro atoms. The largest absolute Gasteiger partial charge is 0.377 e. The molecule has 0 aliphatic heterocycles. The van der Waals surface area contributed by atoms with Crippen molar-refractivity contribution in [3.63, 3.8) is 0 Å². The summed E-state index contributed by atoms with van der Waals surface area (Å²) in [6.45, 7) is 6.03. The molecule has 0 saturated heterocycles. The molecule has 1 aliphatic carbocycles. The smallest absolute Gasteiger partial charge is 0.287 e. The molecule has 2 rings (SSSR count). The lowest BCUT2D eigenvalue weighted by molar-refractivity contribution is 0.651. The standard InChI is InChI=1S/C11H14ClN3O/c1-3-6-15-10(16)9(12)8(7-13-15)14-11(2)4-5-11/h3,7,14H,1,4-6H2,2H3. The fraction of sp³-hybridized carbons (Fsp3) is 0.455. The lowest BCUT2D eigenvalue weighted by Gasteiger charge is -2.14. The Balaban J connectivity index is 2.31. The van der Waals surface area contributed by atoms with Gasteiger partial charge in [0.2, 0.25) is 0 Å². The number of nitrogens with zero attached hydrogens (tertiary/aromatic N) is 2. The Bertz CT molecular complexity index is 477. The summed E-state index contributed by atoms with van der Waals surface area (Å²) in [5.41, 5.74) is 0.422. The zero-order valence-corrected chi connectivity index (χ0v) is 9.92. The van der Waals surface area contributed by atoms with Crippen LogP contribution in [0.2, 0.25) is 5.02 Å². The number of allylic oxidation sites excluding steroid dienone is 1. The van der Waals surface area contributed by atoms with Gasteiger partial charge in [-0.1, -0.05) is 17.7 Å². The van der Waals surface area contributed by atoms with Crippen molar-refractivity contribution >= 4 is 17.3 Å². The molecular weight excluding hydrogens is 226 g/mol. The van der Waals surface area contributed by atoms with E-state index in [4.69, 9.17) is 11.6 Å². The van der Waals surface area contributed by atoms with Gasteiger partial charge in [-0.25, -0.2) is 4.68 Å². The molecule has 1 aromatic rings. The minimum Gasteiger partial charge on any atom is -0.377 e. The Morgan fingerprint density at radius 2 is 2.44 bits per heavy atom. The maximum absolute atomic E-state index is 11.8. The number of nitrogens with one attached hydrogen (secondary N) is 1. The van der Waals surface area contributed by atoms with Crippen LogP contribution >= 0.6 is 11.6 Å². The molecule has 1 heterocycles. The van der Waals surface area contributed by atoms with Crippen LogP contribution in [0.5, 0.6) is 0 Å². The molecule has 0 amide bonds. The molecule has 1 N–H and O–H groups in total. The highest BCUT2D eigenvalue weighted by molar-refractivity contribution is 6.32. The number of hydrogen-bond acceptors (Lipinski definition) is 3. The van der Waals surface area contributed by atoms with Gasteiger partial charge in [-0.3, -0.25) is 4.79 Å². The molecule has 86 valence electrons. The Morgan fingerprint density at radius 3 is 3.00 bits per heavy atom. The zero-order chi connectivity index (χ0) is 11.8. The van der Waals surface area contributed by atoms with Crippen molar-refractivity contribution < 1.29 is 0 Å². The van der Waals surface area contributed by atoms with E-state index in [-0.39, 0.29) is 16.1 Å². The first kappa shape index (κ1) is 11.2. The van der Waals surface area contributed by atoms with Crippen LogP contribution in [0.1, 0.15) is 19.8 Å². The van der Waals surface area contributed by atoms with Gasteiger partial charge in [-0.15, -0.1) is 6.58 Å². The van der Waals surface area contributed by atoms with Crippen molar-refractivity contribution in [2.24, 2.45) is 0 Å². The summed E-state index contributed by atoms with van der Waals surface area (Å²) < 4.78 is 1.29. The molecule has 0 aromatic carbocycles.